The van der Waals surface area contributed by atoms with Crippen LogP contribution in [0.3, 0.4) is 0 Å². The van der Waals surface area contributed by atoms with Crippen molar-refractivity contribution in [1.29, 1.82) is 0 Å². The second-order valence-electron chi connectivity index (χ2n) is 16.7. The van der Waals surface area contributed by atoms with Crippen molar-refractivity contribution in [3.05, 3.63) is 89.9 Å². The van der Waals surface area contributed by atoms with E-state index in [2.05, 4.69) is 26.3 Å². The van der Waals surface area contributed by atoms with Gasteiger partial charge >= 0.3 is 0 Å². The number of pyridine rings is 1. The molecule has 8 N–H and O–H groups in total. The number of nitrogens with zero attached hydrogens (tertiary/aromatic N) is 5. The third kappa shape index (κ3) is 14.9. The van der Waals surface area contributed by atoms with Crippen molar-refractivity contribution in [2.45, 2.75) is 70.7 Å². The number of allylic oxidation sites excluding steroid dienone is 2. The number of anilines is 2. The van der Waals surface area contributed by atoms with Crippen LogP contribution in [0.1, 0.15) is 50.8 Å². The number of Topliss-reactive ketones (excluding diaryl/α,β-unsaturated/α-hetero) is 1. The Labute approximate surface area is 398 Å². The van der Waals surface area contributed by atoms with Crippen LogP contribution in [0.2, 0.25) is 0 Å². The van der Waals surface area contributed by atoms with Crippen molar-refractivity contribution >= 4 is 23.0 Å². The van der Waals surface area contributed by atoms with E-state index < -0.39 is 12.2 Å². The molecule has 0 radical (unpaired) electrons. The number of nitrogens with one attached hydrogen (secondary N) is 4. The van der Waals surface area contributed by atoms with Gasteiger partial charge in [-0.05, 0) is 90.9 Å². The summed E-state index contributed by atoms with van der Waals surface area (Å²) in [4.78, 5) is 35.9. The zero-order valence-corrected chi connectivity index (χ0v) is 39.9. The van der Waals surface area contributed by atoms with E-state index in [0.717, 1.165) is 72.7 Å². The molecule has 0 saturated carbocycles. The molecule has 0 spiro atoms. The van der Waals surface area contributed by atoms with E-state index in [9.17, 15) is 15.0 Å². The van der Waals surface area contributed by atoms with E-state index in [-0.39, 0.29) is 25.0 Å². The summed E-state index contributed by atoms with van der Waals surface area (Å²) in [5.74, 6) is 4.05. The Morgan fingerprint density at radius 1 is 0.750 bits per heavy atom. The SMILES string of the molecule is CNCC(O)COc1cccc(-c2nc(NC3CCOCC3)c(C)c(/C(C(C)=O)=C(/C)N)n2)c1.CNCC(O)COc1cccc(-c2nc(NC3CCOCC3)cc(-c3ccnc(OC)c3)n2)c1. The number of nitrogens with two attached hydrogens (primary N) is 1. The number of aliphatic hydroxyl groups excluding tert-OH is 2. The van der Waals surface area contributed by atoms with Crippen LogP contribution in [0.5, 0.6) is 17.4 Å². The first kappa shape index (κ1) is 51.1. The maximum absolute atomic E-state index is 12.5. The first-order chi connectivity index (χ1) is 32.9. The van der Waals surface area contributed by atoms with Gasteiger partial charge < -0.3 is 60.9 Å². The monoisotopic (exact) mass is 935 g/mol. The minimum atomic E-state index is -0.623. The van der Waals surface area contributed by atoms with Gasteiger partial charge in [-0.3, -0.25) is 4.79 Å². The second kappa shape index (κ2) is 25.7. The maximum Gasteiger partial charge on any atom is 0.213 e. The number of ether oxygens (including phenoxy) is 5. The molecule has 2 aromatic carbocycles. The van der Waals surface area contributed by atoms with Crippen LogP contribution in [-0.2, 0) is 14.3 Å². The molecule has 2 atom stereocenters. The molecule has 364 valence electrons. The first-order valence-electron chi connectivity index (χ1n) is 23.0. The number of hydrogen-bond donors (Lipinski definition) is 7. The van der Waals surface area contributed by atoms with Crippen LogP contribution in [-0.4, -0.2) is 139 Å². The highest BCUT2D eigenvalue weighted by molar-refractivity contribution is 6.20. The van der Waals surface area contributed by atoms with Crippen molar-refractivity contribution in [2.75, 3.05) is 84.6 Å². The summed E-state index contributed by atoms with van der Waals surface area (Å²) < 4.78 is 27.8. The lowest BCUT2D eigenvalue weighted by Gasteiger charge is -2.25. The molecule has 2 aliphatic heterocycles. The average molecular weight is 935 g/mol. The van der Waals surface area contributed by atoms with Crippen molar-refractivity contribution in [3.63, 3.8) is 0 Å². The predicted molar refractivity (Wildman–Crippen MR) is 263 cm³/mol. The minimum absolute atomic E-state index is 0.152. The number of hydrogen-bond acceptors (Lipinski definition) is 18. The fourth-order valence-corrected chi connectivity index (χ4v) is 7.65. The second-order valence-corrected chi connectivity index (χ2v) is 16.7. The molecular weight excluding hydrogens is 869 g/mol. The molecule has 2 fully saturated rings. The summed E-state index contributed by atoms with van der Waals surface area (Å²) in [6.07, 6.45) is 4.08. The Morgan fingerprint density at radius 3 is 1.84 bits per heavy atom. The summed E-state index contributed by atoms with van der Waals surface area (Å²) in [6, 6.07) is 21.2. The Hall–Kier alpha value is -6.28. The average Bonchev–Trinajstić information content (AvgIpc) is 3.35. The molecule has 0 amide bonds. The quantitative estimate of drug-likeness (QED) is 0.0506. The Kier molecular flexibility index (Phi) is 19.4. The topological polar surface area (TPSA) is 242 Å². The van der Waals surface area contributed by atoms with Crippen LogP contribution < -0.4 is 41.2 Å². The van der Waals surface area contributed by atoms with Gasteiger partial charge in [0.25, 0.3) is 0 Å². The molecular formula is C50H66N10O8. The van der Waals surface area contributed by atoms with Crippen molar-refractivity contribution in [2.24, 2.45) is 5.73 Å². The van der Waals surface area contributed by atoms with Gasteiger partial charge in [0.05, 0.1) is 24.1 Å². The maximum atomic E-state index is 12.5. The lowest BCUT2D eigenvalue weighted by Crippen LogP contribution is -2.29. The third-order valence-electron chi connectivity index (χ3n) is 11.2. The number of rotatable bonds is 20. The third-order valence-corrected chi connectivity index (χ3v) is 11.2. The summed E-state index contributed by atoms with van der Waals surface area (Å²) in [7, 11) is 5.15. The van der Waals surface area contributed by atoms with Crippen LogP contribution >= 0.6 is 0 Å². The Bertz CT molecular complexity index is 2440. The minimum Gasteiger partial charge on any atom is -0.491 e. The number of ketones is 1. The Morgan fingerprint density at radius 2 is 1.31 bits per heavy atom. The van der Waals surface area contributed by atoms with E-state index in [1.165, 1.54) is 6.92 Å². The lowest BCUT2D eigenvalue weighted by molar-refractivity contribution is -0.111. The number of likely N-dealkylation sites (N-methyl/N-ethyl adjacent to an activating group) is 2. The molecule has 2 unspecified atom stereocenters. The number of aliphatic hydroxyl groups is 2. The highest BCUT2D eigenvalue weighted by atomic mass is 16.5. The van der Waals surface area contributed by atoms with Gasteiger partial charge in [-0.25, -0.2) is 24.9 Å². The number of methoxy groups -OCH3 is 1. The van der Waals surface area contributed by atoms with Gasteiger partial charge in [-0.15, -0.1) is 0 Å². The standard InChI is InChI=1S/C25H31N5O4.C25H35N5O4/c1-26-15-20(31)16-34-21-5-3-4-18(12-21)25-29-22(17-6-9-27-24(13-17)32-2)14-23(30-25)28-19-7-10-33-11-8-19;1-15-23(22(16(2)26)17(3)31)29-25(30-24(15)28-19-8-10-33-11-9-19)18-6-5-7-21(12-18)34-14-20(32)13-27-4/h3-6,9,12-14,19-20,26,31H,7-8,10-11,15-16H2,1-2H3,(H,28,29,30);5-7,12,19-20,27,32H,8-11,13-14,26H2,1-4H3,(H,28,29,30)/b;22-16-. The van der Waals surface area contributed by atoms with Gasteiger partial charge in [0.15, 0.2) is 17.4 Å². The van der Waals surface area contributed by atoms with E-state index in [1.54, 1.807) is 34.3 Å². The molecule has 68 heavy (non-hydrogen) atoms. The van der Waals surface area contributed by atoms with Crippen molar-refractivity contribution < 1.29 is 38.7 Å². The van der Waals surface area contributed by atoms with E-state index in [4.69, 9.17) is 49.4 Å². The molecule has 0 bridgehead atoms. The molecule has 7 rings (SSSR count). The van der Waals surface area contributed by atoms with Crippen LogP contribution in [0.4, 0.5) is 11.6 Å². The number of benzene rings is 2. The fourth-order valence-electron chi connectivity index (χ4n) is 7.65. The summed E-state index contributed by atoms with van der Waals surface area (Å²) in [6.45, 7) is 9.20. The van der Waals surface area contributed by atoms with Crippen molar-refractivity contribution in [1.82, 2.24) is 35.6 Å². The largest absolute Gasteiger partial charge is 0.491 e. The molecule has 3 aromatic heterocycles. The molecule has 5 heterocycles. The molecule has 2 saturated heterocycles. The molecule has 0 aliphatic carbocycles. The van der Waals surface area contributed by atoms with Crippen molar-refractivity contribution in [3.8, 4) is 51.4 Å². The van der Waals surface area contributed by atoms with Gasteiger partial charge in [-0.1, -0.05) is 24.3 Å². The summed E-state index contributed by atoms with van der Waals surface area (Å²) >= 11 is 0. The van der Waals surface area contributed by atoms with E-state index >= 15 is 0 Å². The summed E-state index contributed by atoms with van der Waals surface area (Å²) in [5, 5.41) is 32.8. The zero-order chi connectivity index (χ0) is 48.4. The smallest absolute Gasteiger partial charge is 0.213 e. The number of carbonyl (C=O) groups excluding carboxylic acids is 1. The zero-order valence-electron chi connectivity index (χ0n) is 39.9. The van der Waals surface area contributed by atoms with E-state index in [1.807, 2.05) is 73.7 Å². The predicted octanol–water partition coefficient (Wildman–Crippen LogP) is 5.04. The van der Waals surface area contributed by atoms with E-state index in [0.29, 0.717) is 84.2 Å². The number of carbonyl (C=O) groups is 1. The van der Waals surface area contributed by atoms with Gasteiger partial charge in [0, 0.05) is 97.9 Å². The Balaban J connectivity index is 0.000000224. The molecule has 2 aliphatic rings. The van der Waals surface area contributed by atoms with Crippen LogP contribution in [0.25, 0.3) is 39.6 Å². The normalized spacial score (nSPS) is 15.5. The molecule has 18 nitrogen and oxygen atoms in total. The summed E-state index contributed by atoms with van der Waals surface area (Å²) in [5.41, 5.74) is 11.4. The molecule has 5 aromatic rings. The fraction of sp³-hybridized carbons (Fsp3) is 0.440. The number of aromatic nitrogens is 5. The van der Waals surface area contributed by atoms with Gasteiger partial charge in [0.2, 0.25) is 5.88 Å². The highest BCUT2D eigenvalue weighted by Crippen LogP contribution is 2.32. The van der Waals surface area contributed by atoms with Crippen LogP contribution in [0, 0.1) is 6.92 Å². The van der Waals surface area contributed by atoms with Gasteiger partial charge in [-0.2, -0.15) is 0 Å². The lowest BCUT2D eigenvalue weighted by atomic mass is 10.0. The highest BCUT2D eigenvalue weighted by Gasteiger charge is 2.23. The van der Waals surface area contributed by atoms with Crippen LogP contribution in [0.15, 0.2) is 78.6 Å². The molecule has 18 heteroatoms. The first-order valence-corrected chi connectivity index (χ1v) is 23.0. The van der Waals surface area contributed by atoms with Gasteiger partial charge in [0.1, 0.15) is 48.6 Å².